The number of amides is 1. The van der Waals surface area contributed by atoms with Gasteiger partial charge >= 0.3 is 5.97 Å². The lowest BCUT2D eigenvalue weighted by Crippen LogP contribution is -2.12. The molecule has 0 aliphatic heterocycles. The number of nitrogens with one attached hydrogen (secondary N) is 1. The van der Waals surface area contributed by atoms with Crippen LogP contribution in [0.5, 0.6) is 11.5 Å². The zero-order chi connectivity index (χ0) is 16.8. The highest BCUT2D eigenvalue weighted by Crippen LogP contribution is 2.27. The predicted molar refractivity (Wildman–Crippen MR) is 87.5 cm³/mol. The number of benzene rings is 2. The number of carbonyl (C=O) groups excluding carboxylic acids is 2. The van der Waals surface area contributed by atoms with Gasteiger partial charge in [0, 0.05) is 5.69 Å². The highest BCUT2D eigenvalue weighted by Gasteiger charge is 2.15. The van der Waals surface area contributed by atoms with Gasteiger partial charge in [-0.15, -0.1) is 0 Å². The van der Waals surface area contributed by atoms with Gasteiger partial charge in [-0.05, 0) is 48.5 Å². The van der Waals surface area contributed by atoms with Crippen LogP contribution in [-0.4, -0.2) is 19.0 Å². The van der Waals surface area contributed by atoms with Crippen LogP contribution in [-0.2, 0) is 9.53 Å². The van der Waals surface area contributed by atoms with Gasteiger partial charge in [-0.2, -0.15) is 0 Å². The van der Waals surface area contributed by atoms with Gasteiger partial charge in [0.15, 0.2) is 0 Å². The Kier molecular flexibility index (Phi) is 4.99. The zero-order valence-corrected chi connectivity index (χ0v) is 12.5. The molecule has 0 unspecified atom stereocenters. The van der Waals surface area contributed by atoms with E-state index in [0.29, 0.717) is 22.9 Å². The van der Waals surface area contributed by atoms with Gasteiger partial charge in [0.1, 0.15) is 11.5 Å². The summed E-state index contributed by atoms with van der Waals surface area (Å²) in [4.78, 5) is 23.3. The standard InChI is InChI=1S/C17H16N2O4/c1-3-16(20)19-15-9-8-13(10-14(15)17(21)22-2)23-12-6-4-11(18)5-7-12/h3-10H,1,18H2,2H3,(H,19,20). The molecule has 0 fully saturated rings. The molecule has 0 aliphatic rings. The SMILES string of the molecule is C=CC(=O)Nc1ccc(Oc2ccc(N)cc2)cc1C(=O)OC. The maximum absolute atomic E-state index is 11.9. The fourth-order valence-electron chi connectivity index (χ4n) is 1.83. The maximum atomic E-state index is 11.9. The first-order valence-corrected chi connectivity index (χ1v) is 6.72. The van der Waals surface area contributed by atoms with Crippen LogP contribution in [0.15, 0.2) is 55.1 Å². The van der Waals surface area contributed by atoms with Crippen molar-refractivity contribution in [2.24, 2.45) is 0 Å². The molecule has 23 heavy (non-hydrogen) atoms. The van der Waals surface area contributed by atoms with Crippen LogP contribution in [0, 0.1) is 0 Å². The van der Waals surface area contributed by atoms with E-state index in [9.17, 15) is 9.59 Å². The molecule has 2 aromatic rings. The maximum Gasteiger partial charge on any atom is 0.340 e. The minimum Gasteiger partial charge on any atom is -0.465 e. The summed E-state index contributed by atoms with van der Waals surface area (Å²) < 4.78 is 10.4. The summed E-state index contributed by atoms with van der Waals surface area (Å²) in [6.07, 6.45) is 1.11. The fraction of sp³-hybridized carbons (Fsp3) is 0.0588. The normalized spacial score (nSPS) is 9.78. The molecular weight excluding hydrogens is 296 g/mol. The van der Waals surface area contributed by atoms with Crippen molar-refractivity contribution in [1.82, 2.24) is 0 Å². The van der Waals surface area contributed by atoms with Crippen LogP contribution in [0.3, 0.4) is 0 Å². The van der Waals surface area contributed by atoms with Gasteiger partial charge in [-0.3, -0.25) is 4.79 Å². The Hall–Kier alpha value is -3.28. The lowest BCUT2D eigenvalue weighted by molar-refractivity contribution is -0.111. The molecule has 2 rings (SSSR count). The monoisotopic (exact) mass is 312 g/mol. The number of rotatable bonds is 5. The van der Waals surface area contributed by atoms with Gasteiger partial charge < -0.3 is 20.5 Å². The molecule has 0 saturated carbocycles. The van der Waals surface area contributed by atoms with E-state index in [4.69, 9.17) is 15.2 Å². The van der Waals surface area contributed by atoms with E-state index in [-0.39, 0.29) is 5.56 Å². The molecule has 2 aromatic carbocycles. The number of nitrogens with two attached hydrogens (primary N) is 1. The van der Waals surface area contributed by atoms with Crippen LogP contribution in [0.1, 0.15) is 10.4 Å². The van der Waals surface area contributed by atoms with Crippen LogP contribution >= 0.6 is 0 Å². The molecule has 0 aliphatic carbocycles. The number of ether oxygens (including phenoxy) is 2. The zero-order valence-electron chi connectivity index (χ0n) is 12.5. The summed E-state index contributed by atoms with van der Waals surface area (Å²) in [5, 5.41) is 2.54. The Labute approximate surface area is 133 Å². The van der Waals surface area contributed by atoms with Crippen molar-refractivity contribution in [2.45, 2.75) is 0 Å². The van der Waals surface area contributed by atoms with Crippen LogP contribution in [0.2, 0.25) is 0 Å². The van der Waals surface area contributed by atoms with Gasteiger partial charge in [0.2, 0.25) is 5.91 Å². The summed E-state index contributed by atoms with van der Waals surface area (Å²) in [6.45, 7) is 3.37. The van der Waals surface area contributed by atoms with Crippen molar-refractivity contribution in [3.05, 3.63) is 60.7 Å². The third-order valence-corrected chi connectivity index (χ3v) is 2.96. The first-order chi connectivity index (χ1) is 11.0. The van der Waals surface area contributed by atoms with Gasteiger partial charge in [0.25, 0.3) is 0 Å². The summed E-state index contributed by atoms with van der Waals surface area (Å²) >= 11 is 0. The average molecular weight is 312 g/mol. The van der Waals surface area contributed by atoms with Gasteiger partial charge in [-0.1, -0.05) is 6.58 Å². The second-order valence-corrected chi connectivity index (χ2v) is 4.56. The lowest BCUT2D eigenvalue weighted by Gasteiger charge is -2.11. The molecule has 0 saturated heterocycles. The van der Waals surface area contributed by atoms with Gasteiger partial charge in [0.05, 0.1) is 18.4 Å². The molecule has 6 heteroatoms. The molecule has 0 spiro atoms. The van der Waals surface area contributed by atoms with E-state index < -0.39 is 11.9 Å². The van der Waals surface area contributed by atoms with E-state index in [1.165, 1.54) is 13.2 Å². The van der Waals surface area contributed by atoms with Crippen molar-refractivity contribution in [1.29, 1.82) is 0 Å². The predicted octanol–water partition coefficient (Wildman–Crippen LogP) is 2.97. The second-order valence-electron chi connectivity index (χ2n) is 4.56. The Morgan fingerprint density at radius 1 is 1.13 bits per heavy atom. The number of carbonyl (C=O) groups is 2. The molecule has 118 valence electrons. The quantitative estimate of drug-likeness (QED) is 0.503. The number of anilines is 2. The van der Waals surface area contributed by atoms with Crippen molar-refractivity contribution in [3.8, 4) is 11.5 Å². The van der Waals surface area contributed by atoms with Crippen molar-refractivity contribution >= 4 is 23.3 Å². The average Bonchev–Trinajstić information content (AvgIpc) is 2.57. The van der Waals surface area contributed by atoms with Crippen LogP contribution in [0.25, 0.3) is 0 Å². The Bertz CT molecular complexity index is 739. The minimum atomic E-state index is -0.591. The van der Waals surface area contributed by atoms with E-state index in [1.807, 2.05) is 0 Å². The number of hydrogen-bond acceptors (Lipinski definition) is 5. The molecule has 0 bridgehead atoms. The first-order valence-electron chi connectivity index (χ1n) is 6.72. The smallest absolute Gasteiger partial charge is 0.340 e. The largest absolute Gasteiger partial charge is 0.465 e. The van der Waals surface area contributed by atoms with Crippen molar-refractivity contribution in [2.75, 3.05) is 18.2 Å². The number of nitrogen functional groups attached to an aromatic ring is 1. The first kappa shape index (κ1) is 16.1. The molecule has 0 aromatic heterocycles. The van der Waals surface area contributed by atoms with Crippen LogP contribution in [0.4, 0.5) is 11.4 Å². The van der Waals surface area contributed by atoms with E-state index >= 15 is 0 Å². The molecular formula is C17H16N2O4. The van der Waals surface area contributed by atoms with Crippen molar-refractivity contribution < 1.29 is 19.1 Å². The molecule has 3 N–H and O–H groups in total. The second kappa shape index (κ2) is 7.13. The third kappa shape index (κ3) is 4.10. The number of methoxy groups -OCH3 is 1. The molecule has 1 amide bonds. The Morgan fingerprint density at radius 3 is 2.39 bits per heavy atom. The number of esters is 1. The topological polar surface area (TPSA) is 90.6 Å². The number of hydrogen-bond donors (Lipinski definition) is 2. The molecule has 0 radical (unpaired) electrons. The Balaban J connectivity index is 2.31. The van der Waals surface area contributed by atoms with E-state index in [1.54, 1.807) is 36.4 Å². The highest BCUT2D eigenvalue weighted by atomic mass is 16.5. The summed E-state index contributed by atoms with van der Waals surface area (Å²) in [5.74, 6) is -0.0286. The fourth-order valence-corrected chi connectivity index (χ4v) is 1.83. The van der Waals surface area contributed by atoms with Crippen LogP contribution < -0.4 is 15.8 Å². The summed E-state index contributed by atoms with van der Waals surface area (Å²) in [6, 6.07) is 11.5. The van der Waals surface area contributed by atoms with Crippen molar-refractivity contribution in [3.63, 3.8) is 0 Å². The van der Waals surface area contributed by atoms with E-state index in [0.717, 1.165) is 6.08 Å². The minimum absolute atomic E-state index is 0.177. The molecule has 0 atom stereocenters. The van der Waals surface area contributed by atoms with Gasteiger partial charge in [-0.25, -0.2) is 4.79 Å². The summed E-state index contributed by atoms with van der Waals surface area (Å²) in [5.41, 5.74) is 6.72. The Morgan fingerprint density at radius 2 is 1.78 bits per heavy atom. The molecule has 0 heterocycles. The van der Waals surface area contributed by atoms with E-state index in [2.05, 4.69) is 11.9 Å². The summed E-state index contributed by atoms with van der Waals surface area (Å²) in [7, 11) is 1.26. The lowest BCUT2D eigenvalue weighted by atomic mass is 10.1. The molecule has 6 nitrogen and oxygen atoms in total. The third-order valence-electron chi connectivity index (χ3n) is 2.96. The highest BCUT2D eigenvalue weighted by molar-refractivity contribution is 6.04.